The van der Waals surface area contributed by atoms with Crippen LogP contribution in [0.2, 0.25) is 0 Å². The Hall–Kier alpha value is -3.31. The summed E-state index contributed by atoms with van der Waals surface area (Å²) in [6, 6.07) is 2.06. The maximum Gasteiger partial charge on any atom is 0.243 e. The Kier molecular flexibility index (Phi) is 7.07. The number of fused-ring (bicyclic) bond motifs is 1. The number of carbonyl (C=O) groups excluding carboxylic acids is 1. The van der Waals surface area contributed by atoms with Gasteiger partial charge in [0.05, 0.1) is 24.2 Å². The minimum Gasteiger partial charge on any atom is -0.378 e. The van der Waals surface area contributed by atoms with E-state index in [2.05, 4.69) is 25.5 Å². The fraction of sp³-hybridized carbons (Fsp3) is 0.476. The van der Waals surface area contributed by atoms with Gasteiger partial charge in [-0.1, -0.05) is 12.8 Å². The van der Waals surface area contributed by atoms with Crippen LogP contribution in [0.15, 0.2) is 24.7 Å². The van der Waals surface area contributed by atoms with E-state index in [9.17, 15) is 4.79 Å². The van der Waals surface area contributed by atoms with Crippen LogP contribution in [0.5, 0.6) is 0 Å². The van der Waals surface area contributed by atoms with Crippen molar-refractivity contribution in [1.29, 1.82) is 0 Å². The molecule has 0 aliphatic carbocycles. The van der Waals surface area contributed by atoms with Crippen molar-refractivity contribution in [3.05, 3.63) is 24.7 Å². The SMILES string of the molecule is Nc1ncc(-c2nc(N3CCOCC3)c3ccn(CCCCCCC(=O)NO)c3n2)cn1. The lowest BCUT2D eigenvalue weighted by molar-refractivity contribution is -0.129. The Labute approximate surface area is 185 Å². The van der Waals surface area contributed by atoms with Gasteiger partial charge in [-0.3, -0.25) is 10.0 Å². The number of nitrogens with one attached hydrogen (secondary N) is 1. The number of carbonyl (C=O) groups is 1. The third-order valence-corrected chi connectivity index (χ3v) is 5.52. The van der Waals surface area contributed by atoms with Crippen LogP contribution < -0.4 is 16.1 Å². The number of rotatable bonds is 9. The van der Waals surface area contributed by atoms with E-state index in [0.717, 1.165) is 62.2 Å². The summed E-state index contributed by atoms with van der Waals surface area (Å²) in [6.45, 7) is 3.70. The first-order valence-corrected chi connectivity index (χ1v) is 10.9. The summed E-state index contributed by atoms with van der Waals surface area (Å²) in [5.74, 6) is 1.32. The topological polar surface area (TPSA) is 144 Å². The molecule has 3 aromatic heterocycles. The summed E-state index contributed by atoms with van der Waals surface area (Å²) in [5, 5.41) is 9.56. The number of hydrogen-bond acceptors (Lipinski definition) is 9. The van der Waals surface area contributed by atoms with Crippen molar-refractivity contribution < 1.29 is 14.7 Å². The number of aryl methyl sites for hydroxylation is 1. The quantitative estimate of drug-likeness (QED) is 0.257. The van der Waals surface area contributed by atoms with Gasteiger partial charge in [0, 0.05) is 44.6 Å². The summed E-state index contributed by atoms with van der Waals surface area (Å²) >= 11 is 0. The lowest BCUT2D eigenvalue weighted by Crippen LogP contribution is -2.37. The molecule has 11 nitrogen and oxygen atoms in total. The van der Waals surface area contributed by atoms with Crippen molar-refractivity contribution in [2.75, 3.05) is 36.9 Å². The number of ether oxygens (including phenoxy) is 1. The Morgan fingerprint density at radius 1 is 1.12 bits per heavy atom. The summed E-state index contributed by atoms with van der Waals surface area (Å²) in [6.07, 6.45) is 9.29. The number of unbranched alkanes of at least 4 members (excludes halogenated alkanes) is 3. The zero-order valence-corrected chi connectivity index (χ0v) is 17.9. The molecule has 170 valence electrons. The highest BCUT2D eigenvalue weighted by Gasteiger charge is 2.20. The number of amides is 1. The number of nitrogen functional groups attached to an aromatic ring is 1. The molecule has 0 saturated carbocycles. The molecule has 1 fully saturated rings. The second-order valence-corrected chi connectivity index (χ2v) is 7.75. The van der Waals surface area contributed by atoms with Gasteiger partial charge in [-0.05, 0) is 18.9 Å². The second-order valence-electron chi connectivity index (χ2n) is 7.75. The monoisotopic (exact) mass is 440 g/mol. The maximum absolute atomic E-state index is 11.1. The van der Waals surface area contributed by atoms with Gasteiger partial charge >= 0.3 is 0 Å². The molecule has 3 aromatic rings. The average molecular weight is 441 g/mol. The Morgan fingerprint density at radius 3 is 2.62 bits per heavy atom. The molecule has 0 radical (unpaired) electrons. The van der Waals surface area contributed by atoms with Gasteiger partial charge in [0.2, 0.25) is 11.9 Å². The molecule has 4 heterocycles. The van der Waals surface area contributed by atoms with Crippen molar-refractivity contribution in [1.82, 2.24) is 30.0 Å². The highest BCUT2D eigenvalue weighted by atomic mass is 16.5. The predicted octanol–water partition coefficient (Wildman–Crippen LogP) is 1.76. The van der Waals surface area contributed by atoms with Gasteiger partial charge in [0.25, 0.3) is 0 Å². The Morgan fingerprint density at radius 2 is 1.88 bits per heavy atom. The molecule has 11 heteroatoms. The molecule has 4 N–H and O–H groups in total. The van der Waals surface area contributed by atoms with Crippen LogP contribution in [0.25, 0.3) is 22.4 Å². The zero-order valence-electron chi connectivity index (χ0n) is 17.9. The van der Waals surface area contributed by atoms with Crippen LogP contribution in [0.4, 0.5) is 11.8 Å². The number of morpholine rings is 1. The fourth-order valence-electron chi connectivity index (χ4n) is 3.81. The van der Waals surface area contributed by atoms with Crippen molar-refractivity contribution in [3.8, 4) is 11.4 Å². The van der Waals surface area contributed by atoms with Gasteiger partial charge in [-0.2, -0.15) is 0 Å². The first-order chi connectivity index (χ1) is 15.7. The van der Waals surface area contributed by atoms with E-state index in [1.165, 1.54) is 0 Å². The number of hydroxylamine groups is 1. The lowest BCUT2D eigenvalue weighted by atomic mass is 10.1. The van der Waals surface area contributed by atoms with Crippen molar-refractivity contribution in [3.63, 3.8) is 0 Å². The molecule has 0 aromatic carbocycles. The molecule has 0 unspecified atom stereocenters. The molecule has 0 bridgehead atoms. The summed E-state index contributed by atoms with van der Waals surface area (Å²) in [5.41, 5.74) is 8.89. The molecular formula is C21H28N8O3. The molecule has 0 spiro atoms. The summed E-state index contributed by atoms with van der Waals surface area (Å²) in [4.78, 5) is 31.2. The van der Waals surface area contributed by atoms with Crippen LogP contribution >= 0.6 is 0 Å². The number of nitrogens with zero attached hydrogens (tertiary/aromatic N) is 6. The molecule has 1 aliphatic heterocycles. The van der Waals surface area contributed by atoms with E-state index < -0.39 is 0 Å². The highest BCUT2D eigenvalue weighted by Crippen LogP contribution is 2.29. The molecular weight excluding hydrogens is 412 g/mol. The van der Waals surface area contributed by atoms with Crippen LogP contribution in [0, 0.1) is 0 Å². The van der Waals surface area contributed by atoms with E-state index in [1.807, 2.05) is 6.20 Å². The normalized spacial score (nSPS) is 14.1. The van der Waals surface area contributed by atoms with Gasteiger partial charge in [-0.15, -0.1) is 0 Å². The third kappa shape index (κ3) is 5.11. The summed E-state index contributed by atoms with van der Waals surface area (Å²) in [7, 11) is 0. The lowest BCUT2D eigenvalue weighted by Gasteiger charge is -2.28. The van der Waals surface area contributed by atoms with Crippen LogP contribution in [0.3, 0.4) is 0 Å². The first kappa shape index (κ1) is 21.9. The second kappa shape index (κ2) is 10.3. The van der Waals surface area contributed by atoms with Crippen molar-refractivity contribution >= 4 is 28.7 Å². The standard InChI is InChI=1S/C21H28N8O3/c22-21-23-13-15(14-24-21)18-25-19-16(20(26-18)29-9-11-32-12-10-29)6-8-28(19)7-4-2-1-3-5-17(30)27-31/h6,8,13-14,31H,1-5,7,9-12H2,(H,27,30)(H2,22,23,24). The molecule has 1 amide bonds. The van der Waals surface area contributed by atoms with Crippen molar-refractivity contribution in [2.45, 2.75) is 38.6 Å². The number of hydrogen-bond donors (Lipinski definition) is 3. The molecule has 1 saturated heterocycles. The highest BCUT2D eigenvalue weighted by molar-refractivity contribution is 5.89. The Bertz CT molecular complexity index is 1050. The van der Waals surface area contributed by atoms with Crippen molar-refractivity contribution in [2.24, 2.45) is 0 Å². The fourth-order valence-corrected chi connectivity index (χ4v) is 3.81. The van der Waals surface area contributed by atoms with E-state index in [4.69, 9.17) is 25.6 Å². The molecule has 32 heavy (non-hydrogen) atoms. The minimum absolute atomic E-state index is 0.211. The average Bonchev–Trinajstić information content (AvgIpc) is 3.24. The van der Waals surface area contributed by atoms with E-state index in [-0.39, 0.29) is 11.9 Å². The summed E-state index contributed by atoms with van der Waals surface area (Å²) < 4.78 is 7.65. The predicted molar refractivity (Wildman–Crippen MR) is 119 cm³/mol. The number of anilines is 2. The van der Waals surface area contributed by atoms with Crippen LogP contribution in [-0.2, 0) is 16.1 Å². The molecule has 4 rings (SSSR count). The minimum atomic E-state index is -0.340. The number of aromatic nitrogens is 5. The van der Waals surface area contributed by atoms with Gasteiger partial charge in [0.1, 0.15) is 11.5 Å². The first-order valence-electron chi connectivity index (χ1n) is 10.9. The zero-order chi connectivity index (χ0) is 22.3. The smallest absolute Gasteiger partial charge is 0.243 e. The Balaban J connectivity index is 1.55. The van der Waals surface area contributed by atoms with Crippen LogP contribution in [0.1, 0.15) is 32.1 Å². The molecule has 1 aliphatic rings. The van der Waals surface area contributed by atoms with Crippen LogP contribution in [-0.4, -0.2) is 61.9 Å². The largest absolute Gasteiger partial charge is 0.378 e. The van der Waals surface area contributed by atoms with E-state index >= 15 is 0 Å². The van der Waals surface area contributed by atoms with Gasteiger partial charge in [-0.25, -0.2) is 25.4 Å². The third-order valence-electron chi connectivity index (χ3n) is 5.52. The maximum atomic E-state index is 11.1. The van der Waals surface area contributed by atoms with Gasteiger partial charge in [0.15, 0.2) is 5.82 Å². The van der Waals surface area contributed by atoms with Gasteiger partial charge < -0.3 is 19.9 Å². The molecule has 0 atom stereocenters. The van der Waals surface area contributed by atoms with E-state index in [1.54, 1.807) is 17.9 Å². The van der Waals surface area contributed by atoms with E-state index in [0.29, 0.717) is 31.0 Å². The number of nitrogens with two attached hydrogens (primary N) is 1.